The second-order valence-corrected chi connectivity index (χ2v) is 3.64. The van der Waals surface area contributed by atoms with Gasteiger partial charge in [0.1, 0.15) is 6.61 Å². The van der Waals surface area contributed by atoms with Crippen molar-refractivity contribution in [2.45, 2.75) is 26.4 Å². The van der Waals surface area contributed by atoms with E-state index >= 15 is 0 Å². The molecule has 0 fully saturated rings. The number of hydrogen-bond donors (Lipinski definition) is 1. The third-order valence-corrected chi connectivity index (χ3v) is 1.86. The molecule has 1 rings (SSSR count). The molecule has 0 aliphatic rings. The van der Waals surface area contributed by atoms with Gasteiger partial charge in [0.2, 0.25) is 5.88 Å². The minimum absolute atomic E-state index is 0.482. The highest BCUT2D eigenvalue weighted by atomic mass is 16.5. The molecule has 0 aliphatic carbocycles. The summed E-state index contributed by atoms with van der Waals surface area (Å²) in [6.45, 7) is 9.17. The van der Waals surface area contributed by atoms with Crippen LogP contribution in [0.2, 0.25) is 0 Å². The first kappa shape index (κ1) is 11.7. The van der Waals surface area contributed by atoms with Crippen LogP contribution in [0.25, 0.3) is 0 Å². The summed E-state index contributed by atoms with van der Waals surface area (Å²) in [6.07, 6.45) is 3.47. The number of ether oxygens (including phenoxy) is 1. The first-order valence-electron chi connectivity index (χ1n) is 5.14. The summed E-state index contributed by atoms with van der Waals surface area (Å²) in [4.78, 5) is 4.11. The molecule has 82 valence electrons. The summed E-state index contributed by atoms with van der Waals surface area (Å²) in [5.41, 5.74) is 1.18. The number of hydrogen-bond acceptors (Lipinski definition) is 3. The van der Waals surface area contributed by atoms with E-state index in [4.69, 9.17) is 4.74 Å². The van der Waals surface area contributed by atoms with Crippen molar-refractivity contribution in [2.24, 2.45) is 0 Å². The fourth-order valence-electron chi connectivity index (χ4n) is 1.11. The molecule has 0 saturated carbocycles. The summed E-state index contributed by atoms with van der Waals surface area (Å²) < 4.78 is 5.35. The Bertz CT molecular complexity index is 310. The highest BCUT2D eigenvalue weighted by molar-refractivity contribution is 5.20. The van der Waals surface area contributed by atoms with Gasteiger partial charge in [0, 0.05) is 24.8 Å². The molecule has 3 heteroatoms. The van der Waals surface area contributed by atoms with Crippen molar-refractivity contribution in [3.8, 4) is 5.88 Å². The fourth-order valence-corrected chi connectivity index (χ4v) is 1.11. The Morgan fingerprint density at radius 3 is 3.07 bits per heavy atom. The van der Waals surface area contributed by atoms with Crippen LogP contribution in [0.3, 0.4) is 0 Å². The van der Waals surface area contributed by atoms with Gasteiger partial charge in [-0.15, -0.1) is 0 Å². The zero-order valence-corrected chi connectivity index (χ0v) is 9.36. The molecular weight excluding hydrogens is 188 g/mol. The summed E-state index contributed by atoms with van der Waals surface area (Å²) in [7, 11) is 0. The van der Waals surface area contributed by atoms with Gasteiger partial charge in [0.05, 0.1) is 0 Å². The van der Waals surface area contributed by atoms with Crippen LogP contribution in [0, 0.1) is 0 Å². The van der Waals surface area contributed by atoms with E-state index in [0.29, 0.717) is 18.5 Å². The van der Waals surface area contributed by atoms with Crippen molar-refractivity contribution in [1.29, 1.82) is 0 Å². The third-order valence-electron chi connectivity index (χ3n) is 1.86. The molecule has 1 aromatic heterocycles. The van der Waals surface area contributed by atoms with Crippen LogP contribution in [0.4, 0.5) is 0 Å². The van der Waals surface area contributed by atoms with Crippen LogP contribution >= 0.6 is 0 Å². The van der Waals surface area contributed by atoms with Crippen molar-refractivity contribution in [3.05, 3.63) is 36.5 Å². The first-order valence-corrected chi connectivity index (χ1v) is 5.14. The molecule has 0 amide bonds. The van der Waals surface area contributed by atoms with E-state index in [-0.39, 0.29) is 0 Å². The molecule has 0 aliphatic heterocycles. The van der Waals surface area contributed by atoms with Crippen LogP contribution < -0.4 is 10.1 Å². The molecule has 3 nitrogen and oxygen atoms in total. The largest absolute Gasteiger partial charge is 0.473 e. The van der Waals surface area contributed by atoms with Crippen molar-refractivity contribution >= 4 is 0 Å². The lowest BCUT2D eigenvalue weighted by Crippen LogP contribution is -2.21. The van der Waals surface area contributed by atoms with Crippen LogP contribution in [0.5, 0.6) is 5.88 Å². The molecular formula is C12H18N2O. The second kappa shape index (κ2) is 6.19. The van der Waals surface area contributed by atoms with Crippen LogP contribution in [-0.2, 0) is 6.54 Å². The Kier molecular flexibility index (Phi) is 4.84. The number of nitrogens with one attached hydrogen (secondary N) is 1. The van der Waals surface area contributed by atoms with Gasteiger partial charge in [-0.25, -0.2) is 4.98 Å². The maximum atomic E-state index is 5.35. The maximum absolute atomic E-state index is 5.35. The lowest BCUT2D eigenvalue weighted by Gasteiger charge is -2.09. The molecule has 0 spiro atoms. The molecule has 15 heavy (non-hydrogen) atoms. The number of rotatable bonds is 6. The van der Waals surface area contributed by atoms with E-state index in [0.717, 1.165) is 6.54 Å². The van der Waals surface area contributed by atoms with E-state index in [2.05, 4.69) is 30.7 Å². The van der Waals surface area contributed by atoms with E-state index in [1.165, 1.54) is 5.56 Å². The predicted octanol–water partition coefficient (Wildman–Crippen LogP) is 2.14. The molecule has 0 aromatic carbocycles. The monoisotopic (exact) mass is 206 g/mol. The summed E-state index contributed by atoms with van der Waals surface area (Å²) >= 11 is 0. The number of pyridine rings is 1. The SMILES string of the molecule is C=CCOc1cc(CNC(C)C)ccn1. The molecule has 1 N–H and O–H groups in total. The van der Waals surface area contributed by atoms with Crippen molar-refractivity contribution in [3.63, 3.8) is 0 Å². The van der Waals surface area contributed by atoms with Crippen LogP contribution in [-0.4, -0.2) is 17.6 Å². The van der Waals surface area contributed by atoms with Gasteiger partial charge in [-0.05, 0) is 11.6 Å². The van der Waals surface area contributed by atoms with Gasteiger partial charge in [-0.2, -0.15) is 0 Å². The van der Waals surface area contributed by atoms with E-state index in [1.807, 2.05) is 12.1 Å². The molecule has 0 bridgehead atoms. The maximum Gasteiger partial charge on any atom is 0.213 e. The lowest BCUT2D eigenvalue weighted by atomic mass is 10.2. The number of nitrogens with zero attached hydrogens (tertiary/aromatic N) is 1. The Hall–Kier alpha value is -1.35. The quantitative estimate of drug-likeness (QED) is 0.724. The van der Waals surface area contributed by atoms with Gasteiger partial charge < -0.3 is 10.1 Å². The Morgan fingerprint density at radius 2 is 2.40 bits per heavy atom. The molecule has 0 radical (unpaired) electrons. The normalized spacial score (nSPS) is 10.3. The molecule has 1 heterocycles. The van der Waals surface area contributed by atoms with Gasteiger partial charge in [-0.3, -0.25) is 0 Å². The minimum atomic E-state index is 0.482. The fraction of sp³-hybridized carbons (Fsp3) is 0.417. The smallest absolute Gasteiger partial charge is 0.213 e. The van der Waals surface area contributed by atoms with Crippen molar-refractivity contribution in [1.82, 2.24) is 10.3 Å². The van der Waals surface area contributed by atoms with Crippen molar-refractivity contribution < 1.29 is 4.74 Å². The average molecular weight is 206 g/mol. The lowest BCUT2D eigenvalue weighted by molar-refractivity contribution is 0.348. The van der Waals surface area contributed by atoms with Gasteiger partial charge in [0.15, 0.2) is 0 Å². The first-order chi connectivity index (χ1) is 7.22. The minimum Gasteiger partial charge on any atom is -0.473 e. The Labute approximate surface area is 91.2 Å². The zero-order valence-electron chi connectivity index (χ0n) is 9.36. The Balaban J connectivity index is 2.53. The number of aromatic nitrogens is 1. The molecule has 0 unspecified atom stereocenters. The van der Waals surface area contributed by atoms with Crippen LogP contribution in [0.15, 0.2) is 31.0 Å². The van der Waals surface area contributed by atoms with E-state index in [1.54, 1.807) is 12.3 Å². The van der Waals surface area contributed by atoms with Gasteiger partial charge in [0.25, 0.3) is 0 Å². The third kappa shape index (κ3) is 4.61. The second-order valence-electron chi connectivity index (χ2n) is 3.64. The average Bonchev–Trinajstić information content (AvgIpc) is 2.24. The predicted molar refractivity (Wildman–Crippen MR) is 61.9 cm³/mol. The van der Waals surface area contributed by atoms with Crippen molar-refractivity contribution in [2.75, 3.05) is 6.61 Å². The van der Waals surface area contributed by atoms with Crippen LogP contribution in [0.1, 0.15) is 19.4 Å². The summed E-state index contributed by atoms with van der Waals surface area (Å²) in [6, 6.07) is 4.41. The molecule has 0 saturated heterocycles. The van der Waals surface area contributed by atoms with E-state index in [9.17, 15) is 0 Å². The standard InChI is InChI=1S/C12H18N2O/c1-4-7-15-12-8-11(5-6-13-12)9-14-10(2)3/h4-6,8,10,14H,1,7,9H2,2-3H3. The highest BCUT2D eigenvalue weighted by Gasteiger charge is 1.98. The zero-order chi connectivity index (χ0) is 11.1. The van der Waals surface area contributed by atoms with Gasteiger partial charge >= 0.3 is 0 Å². The molecule has 0 atom stereocenters. The highest BCUT2D eigenvalue weighted by Crippen LogP contribution is 2.09. The summed E-state index contributed by atoms with van der Waals surface area (Å²) in [5, 5.41) is 3.34. The summed E-state index contributed by atoms with van der Waals surface area (Å²) in [5.74, 6) is 0.651. The van der Waals surface area contributed by atoms with E-state index < -0.39 is 0 Å². The Morgan fingerprint density at radius 1 is 1.60 bits per heavy atom. The molecule has 1 aromatic rings. The topological polar surface area (TPSA) is 34.1 Å². The van der Waals surface area contributed by atoms with Gasteiger partial charge in [-0.1, -0.05) is 26.5 Å².